The lowest BCUT2D eigenvalue weighted by molar-refractivity contribution is -0.385. The van der Waals surface area contributed by atoms with E-state index in [1.807, 2.05) is 20.8 Å². The van der Waals surface area contributed by atoms with Crippen LogP contribution in [0, 0.1) is 24.0 Å². The van der Waals surface area contributed by atoms with Gasteiger partial charge in [-0.25, -0.2) is 4.79 Å². The van der Waals surface area contributed by atoms with Crippen LogP contribution in [0.25, 0.3) is 0 Å². The lowest BCUT2D eigenvalue weighted by atomic mass is 10.1. The number of carbonyl (C=O) groups is 1. The molecule has 0 radical (unpaired) electrons. The van der Waals surface area contributed by atoms with Crippen LogP contribution in [0.3, 0.4) is 0 Å². The van der Waals surface area contributed by atoms with Crippen molar-refractivity contribution in [2.45, 2.75) is 58.6 Å². The molecule has 0 aromatic heterocycles. The minimum Gasteiger partial charge on any atom is -0.491 e. The monoisotopic (exact) mass is 336 g/mol. The fourth-order valence-electron chi connectivity index (χ4n) is 2.32. The summed E-state index contributed by atoms with van der Waals surface area (Å²) >= 11 is 0. The zero-order valence-corrected chi connectivity index (χ0v) is 14.8. The fourth-order valence-corrected chi connectivity index (χ4v) is 2.32. The number of ether oxygens (including phenoxy) is 2. The van der Waals surface area contributed by atoms with Crippen molar-refractivity contribution in [2.24, 2.45) is 0 Å². The van der Waals surface area contributed by atoms with Crippen molar-refractivity contribution in [3.8, 4) is 5.75 Å². The number of nitrogens with one attached hydrogen (secondary N) is 1. The highest BCUT2D eigenvalue weighted by atomic mass is 16.6. The third-order valence-electron chi connectivity index (χ3n) is 3.81. The highest BCUT2D eigenvalue weighted by Gasteiger charge is 2.46. The zero-order chi connectivity index (χ0) is 18.1. The Morgan fingerprint density at radius 1 is 1.29 bits per heavy atom. The van der Waals surface area contributed by atoms with Gasteiger partial charge in [0.05, 0.1) is 10.5 Å². The molecule has 1 aromatic carbocycles. The Hall–Kier alpha value is -2.31. The molecule has 0 bridgehead atoms. The first-order chi connectivity index (χ1) is 11.0. The highest BCUT2D eigenvalue weighted by molar-refractivity contribution is 5.69. The molecule has 1 aromatic rings. The quantitative estimate of drug-likeness (QED) is 0.654. The maximum absolute atomic E-state index is 11.9. The largest absolute Gasteiger partial charge is 0.491 e. The maximum Gasteiger partial charge on any atom is 0.408 e. The summed E-state index contributed by atoms with van der Waals surface area (Å²) < 4.78 is 11.1. The standard InChI is InChI=1S/C17H24N2O5/c1-11-9-14(12(2)8-13(11)19(21)22)23-10-17(6-7-17)18-15(20)24-16(3,4)5/h8-9H,6-7,10H2,1-5H3,(H,18,20). The predicted octanol–water partition coefficient (Wildman–Crippen LogP) is 3.65. The molecule has 1 N–H and O–H groups in total. The molecule has 1 saturated carbocycles. The number of rotatable bonds is 5. The van der Waals surface area contributed by atoms with Gasteiger partial charge in [0.25, 0.3) is 5.69 Å². The Morgan fingerprint density at radius 2 is 1.92 bits per heavy atom. The summed E-state index contributed by atoms with van der Waals surface area (Å²) in [6, 6.07) is 3.17. The first-order valence-electron chi connectivity index (χ1n) is 7.91. The highest BCUT2D eigenvalue weighted by Crippen LogP contribution is 2.37. The minimum atomic E-state index is -0.549. The molecule has 24 heavy (non-hydrogen) atoms. The van der Waals surface area contributed by atoms with Gasteiger partial charge in [-0.15, -0.1) is 0 Å². The normalized spacial score (nSPS) is 15.5. The summed E-state index contributed by atoms with van der Waals surface area (Å²) in [5.74, 6) is 0.593. The Balaban J connectivity index is 1.99. The third-order valence-corrected chi connectivity index (χ3v) is 3.81. The van der Waals surface area contributed by atoms with Crippen LogP contribution >= 0.6 is 0 Å². The van der Waals surface area contributed by atoms with Gasteiger partial charge in [0.2, 0.25) is 0 Å². The number of nitro groups is 1. The summed E-state index contributed by atoms with van der Waals surface area (Å²) in [7, 11) is 0. The van der Waals surface area contributed by atoms with Gasteiger partial charge >= 0.3 is 6.09 Å². The van der Waals surface area contributed by atoms with Gasteiger partial charge in [0.1, 0.15) is 18.0 Å². The van der Waals surface area contributed by atoms with Gasteiger partial charge in [0, 0.05) is 11.6 Å². The molecule has 0 atom stereocenters. The molecule has 0 heterocycles. The van der Waals surface area contributed by atoms with Gasteiger partial charge in [-0.05, 0) is 59.1 Å². The van der Waals surface area contributed by atoms with Crippen molar-refractivity contribution in [3.05, 3.63) is 33.4 Å². The van der Waals surface area contributed by atoms with E-state index in [2.05, 4.69) is 5.32 Å². The van der Waals surface area contributed by atoms with Gasteiger partial charge < -0.3 is 14.8 Å². The van der Waals surface area contributed by atoms with E-state index < -0.39 is 22.2 Å². The van der Waals surface area contributed by atoms with E-state index in [-0.39, 0.29) is 5.69 Å². The molecule has 0 aliphatic heterocycles. The van der Waals surface area contributed by atoms with E-state index in [0.717, 1.165) is 12.8 Å². The van der Waals surface area contributed by atoms with E-state index in [1.165, 1.54) is 6.07 Å². The van der Waals surface area contributed by atoms with E-state index in [4.69, 9.17) is 9.47 Å². The molecule has 2 rings (SSSR count). The third kappa shape index (κ3) is 4.59. The number of aryl methyl sites for hydroxylation is 2. The molecule has 1 fully saturated rings. The Morgan fingerprint density at radius 3 is 2.42 bits per heavy atom. The number of alkyl carbamates (subject to hydrolysis) is 1. The van der Waals surface area contributed by atoms with Gasteiger partial charge in [-0.1, -0.05) is 0 Å². The predicted molar refractivity (Wildman–Crippen MR) is 89.4 cm³/mol. The second kappa shape index (κ2) is 6.30. The van der Waals surface area contributed by atoms with Crippen molar-refractivity contribution >= 4 is 11.8 Å². The molecular formula is C17H24N2O5. The summed E-state index contributed by atoms with van der Waals surface area (Å²) in [5, 5.41) is 13.8. The second-order valence-electron chi connectivity index (χ2n) is 7.36. The molecular weight excluding hydrogens is 312 g/mol. The SMILES string of the molecule is Cc1cc([N+](=O)[O-])c(C)cc1OCC1(NC(=O)OC(C)(C)C)CC1. The smallest absolute Gasteiger partial charge is 0.408 e. The molecule has 1 aliphatic carbocycles. The maximum atomic E-state index is 11.9. The Bertz CT molecular complexity index is 660. The lowest BCUT2D eigenvalue weighted by Crippen LogP contribution is -2.44. The molecule has 7 nitrogen and oxygen atoms in total. The molecule has 0 spiro atoms. The zero-order valence-electron chi connectivity index (χ0n) is 14.8. The van der Waals surface area contributed by atoms with E-state index in [0.29, 0.717) is 23.5 Å². The number of amides is 1. The summed E-state index contributed by atoms with van der Waals surface area (Å²) in [4.78, 5) is 22.4. The lowest BCUT2D eigenvalue weighted by Gasteiger charge is -2.23. The Kier molecular flexibility index (Phi) is 4.73. The number of nitro benzene ring substituents is 1. The summed E-state index contributed by atoms with van der Waals surface area (Å²) in [6.07, 6.45) is 1.18. The van der Waals surface area contributed by atoms with Crippen LogP contribution in [-0.4, -0.2) is 28.8 Å². The van der Waals surface area contributed by atoms with Crippen molar-refractivity contribution < 1.29 is 19.2 Å². The molecule has 0 saturated heterocycles. The van der Waals surface area contributed by atoms with Crippen LogP contribution in [0.2, 0.25) is 0 Å². The number of nitrogens with zero attached hydrogens (tertiary/aromatic N) is 1. The van der Waals surface area contributed by atoms with Crippen molar-refractivity contribution in [2.75, 3.05) is 6.61 Å². The molecule has 1 aliphatic rings. The molecule has 0 unspecified atom stereocenters. The number of hydrogen-bond acceptors (Lipinski definition) is 5. The van der Waals surface area contributed by atoms with Crippen LogP contribution in [0.4, 0.5) is 10.5 Å². The van der Waals surface area contributed by atoms with Crippen LogP contribution in [0.5, 0.6) is 5.75 Å². The number of benzene rings is 1. The molecule has 7 heteroatoms. The van der Waals surface area contributed by atoms with Gasteiger partial charge in [-0.2, -0.15) is 0 Å². The summed E-state index contributed by atoms with van der Waals surface area (Å²) in [6.45, 7) is 9.19. The average molecular weight is 336 g/mol. The first-order valence-corrected chi connectivity index (χ1v) is 7.91. The van der Waals surface area contributed by atoms with Gasteiger partial charge in [-0.3, -0.25) is 10.1 Å². The van der Waals surface area contributed by atoms with E-state index in [9.17, 15) is 14.9 Å². The van der Waals surface area contributed by atoms with Crippen LogP contribution < -0.4 is 10.1 Å². The summed E-state index contributed by atoms with van der Waals surface area (Å²) in [5.41, 5.74) is 0.358. The molecule has 132 valence electrons. The topological polar surface area (TPSA) is 90.7 Å². The first kappa shape index (κ1) is 18.0. The van der Waals surface area contributed by atoms with Crippen molar-refractivity contribution in [3.63, 3.8) is 0 Å². The van der Waals surface area contributed by atoms with E-state index in [1.54, 1.807) is 19.9 Å². The van der Waals surface area contributed by atoms with Crippen molar-refractivity contribution in [1.29, 1.82) is 0 Å². The minimum absolute atomic E-state index is 0.0767. The second-order valence-corrected chi connectivity index (χ2v) is 7.36. The van der Waals surface area contributed by atoms with E-state index >= 15 is 0 Å². The van der Waals surface area contributed by atoms with Crippen LogP contribution in [-0.2, 0) is 4.74 Å². The van der Waals surface area contributed by atoms with Crippen LogP contribution in [0.15, 0.2) is 12.1 Å². The number of carbonyl (C=O) groups excluding carboxylic acids is 1. The average Bonchev–Trinajstić information content (AvgIpc) is 3.16. The van der Waals surface area contributed by atoms with Gasteiger partial charge in [0.15, 0.2) is 0 Å². The molecule has 1 amide bonds. The van der Waals surface area contributed by atoms with Crippen LogP contribution in [0.1, 0.15) is 44.7 Å². The Labute approximate surface area is 141 Å². The fraction of sp³-hybridized carbons (Fsp3) is 0.588. The van der Waals surface area contributed by atoms with Crippen molar-refractivity contribution in [1.82, 2.24) is 5.32 Å². The number of hydrogen-bond donors (Lipinski definition) is 1.